The van der Waals surface area contributed by atoms with Crippen LogP contribution in [0.15, 0.2) is 65.1 Å². The van der Waals surface area contributed by atoms with E-state index in [0.717, 1.165) is 17.2 Å². The van der Waals surface area contributed by atoms with Gasteiger partial charge in [0.05, 0.1) is 18.8 Å². The average molecular weight is 488 g/mol. The van der Waals surface area contributed by atoms with Crippen LogP contribution < -0.4 is 9.64 Å². The summed E-state index contributed by atoms with van der Waals surface area (Å²) in [5.41, 5.74) is 2.02. The molecule has 0 saturated heterocycles. The normalized spacial score (nSPS) is 15.4. The maximum absolute atomic E-state index is 14.6. The topological polar surface area (TPSA) is 38.8 Å². The van der Waals surface area contributed by atoms with Crippen molar-refractivity contribution in [3.63, 3.8) is 0 Å². The van der Waals surface area contributed by atoms with Crippen LogP contribution in [0.1, 0.15) is 29.2 Å². The van der Waals surface area contributed by atoms with E-state index in [-0.39, 0.29) is 28.8 Å². The number of carbonyl (C=O) groups is 1. The quantitative estimate of drug-likeness (QED) is 0.390. The Hall–Kier alpha value is -2.93. The molecule has 1 heterocycles. The molecule has 1 aliphatic rings. The predicted octanol–water partition coefficient (Wildman–Crippen LogP) is 6.57. The number of hydrogen-bond acceptors (Lipinski definition) is 3. The third-order valence-corrected chi connectivity index (χ3v) is 5.96. The molecule has 0 radical (unpaired) electrons. The fourth-order valence-electron chi connectivity index (χ4n) is 3.93. The molecule has 31 heavy (non-hydrogen) atoms. The van der Waals surface area contributed by atoms with Crippen molar-refractivity contribution in [1.29, 1.82) is 0 Å². The summed E-state index contributed by atoms with van der Waals surface area (Å²) in [4.78, 5) is 14.7. The van der Waals surface area contributed by atoms with E-state index in [4.69, 9.17) is 9.47 Å². The molecule has 1 aliphatic heterocycles. The van der Waals surface area contributed by atoms with E-state index in [0.29, 0.717) is 12.2 Å². The first-order chi connectivity index (χ1) is 15.0. The van der Waals surface area contributed by atoms with Crippen molar-refractivity contribution in [3.8, 4) is 5.75 Å². The van der Waals surface area contributed by atoms with Gasteiger partial charge in [-0.25, -0.2) is 13.6 Å². The second kappa shape index (κ2) is 9.06. The summed E-state index contributed by atoms with van der Waals surface area (Å²) in [6.45, 7) is 0.0610. The summed E-state index contributed by atoms with van der Waals surface area (Å²) in [7, 11) is 1.55. The molecule has 0 saturated carbocycles. The minimum atomic E-state index is -0.959. The minimum Gasteiger partial charge on any atom is -0.496 e. The maximum Gasteiger partial charge on any atom is 0.415 e. The first kappa shape index (κ1) is 21.3. The van der Waals surface area contributed by atoms with Crippen LogP contribution in [0.5, 0.6) is 5.75 Å². The molecule has 160 valence electrons. The largest absolute Gasteiger partial charge is 0.496 e. The van der Waals surface area contributed by atoms with Crippen molar-refractivity contribution in [2.45, 2.75) is 25.5 Å². The first-order valence-corrected chi connectivity index (χ1v) is 10.6. The van der Waals surface area contributed by atoms with Gasteiger partial charge in [0.2, 0.25) is 0 Å². The van der Waals surface area contributed by atoms with Gasteiger partial charge < -0.3 is 9.47 Å². The van der Waals surface area contributed by atoms with Crippen LogP contribution in [0.4, 0.5) is 19.3 Å². The molecule has 0 aliphatic carbocycles. The van der Waals surface area contributed by atoms with Crippen molar-refractivity contribution in [2.75, 3.05) is 12.0 Å². The van der Waals surface area contributed by atoms with Crippen molar-refractivity contribution < 1.29 is 23.0 Å². The van der Waals surface area contributed by atoms with Crippen molar-refractivity contribution in [1.82, 2.24) is 0 Å². The Morgan fingerprint density at radius 3 is 2.58 bits per heavy atom. The molecule has 0 aromatic heterocycles. The molecule has 0 spiro atoms. The molecule has 3 aromatic rings. The van der Waals surface area contributed by atoms with Crippen LogP contribution in [-0.4, -0.2) is 13.2 Å². The number of rotatable bonds is 4. The maximum atomic E-state index is 14.6. The van der Waals surface area contributed by atoms with Gasteiger partial charge in [0.15, 0.2) is 11.6 Å². The highest BCUT2D eigenvalue weighted by atomic mass is 79.9. The number of fused-ring (bicyclic) bond motifs is 1. The molecule has 1 atom stereocenters. The molecular weight excluding hydrogens is 468 g/mol. The summed E-state index contributed by atoms with van der Waals surface area (Å²) < 4.78 is 40.0. The van der Waals surface area contributed by atoms with Gasteiger partial charge in [-0.15, -0.1) is 0 Å². The van der Waals surface area contributed by atoms with E-state index < -0.39 is 23.8 Å². The van der Waals surface area contributed by atoms with Gasteiger partial charge in [0.1, 0.15) is 12.4 Å². The Morgan fingerprint density at radius 2 is 1.84 bits per heavy atom. The SMILES string of the molecule is COc1ccccc1C1CCc2c(F)c(F)cc(Br)c2N1C(=O)OCc1ccccc1. The molecule has 7 heteroatoms. The van der Waals surface area contributed by atoms with E-state index in [2.05, 4.69) is 15.9 Å². The van der Waals surface area contributed by atoms with Crippen molar-refractivity contribution in [3.05, 3.63) is 93.5 Å². The van der Waals surface area contributed by atoms with Gasteiger partial charge in [-0.05, 0) is 46.5 Å². The molecule has 0 N–H and O–H groups in total. The smallest absolute Gasteiger partial charge is 0.415 e. The first-order valence-electron chi connectivity index (χ1n) is 9.80. The lowest BCUT2D eigenvalue weighted by molar-refractivity contribution is 0.143. The Kier molecular flexibility index (Phi) is 6.23. The number of halogens is 3. The van der Waals surface area contributed by atoms with Crippen molar-refractivity contribution in [2.24, 2.45) is 0 Å². The number of nitrogens with zero attached hydrogens (tertiary/aromatic N) is 1. The van der Waals surface area contributed by atoms with Gasteiger partial charge in [-0.2, -0.15) is 0 Å². The minimum absolute atomic E-state index is 0.0610. The van der Waals surface area contributed by atoms with Crippen molar-refractivity contribution >= 4 is 27.7 Å². The molecule has 4 rings (SSSR count). The third kappa shape index (κ3) is 4.14. The molecular formula is C24H20BrF2NO3. The van der Waals surface area contributed by atoms with Gasteiger partial charge in [-0.1, -0.05) is 48.5 Å². The van der Waals surface area contributed by atoms with Crippen LogP contribution in [0.25, 0.3) is 0 Å². The van der Waals surface area contributed by atoms with Crippen LogP contribution in [0.3, 0.4) is 0 Å². The van der Waals surface area contributed by atoms with E-state index in [9.17, 15) is 13.6 Å². The lowest BCUT2D eigenvalue weighted by atomic mass is 9.90. The number of amides is 1. The van der Waals surface area contributed by atoms with E-state index in [1.54, 1.807) is 13.2 Å². The highest BCUT2D eigenvalue weighted by Gasteiger charge is 2.38. The summed E-state index contributed by atoms with van der Waals surface area (Å²) in [6.07, 6.45) is 0.0102. The van der Waals surface area contributed by atoms with Crippen LogP contribution in [0, 0.1) is 11.6 Å². The molecule has 4 nitrogen and oxygen atoms in total. The highest BCUT2D eigenvalue weighted by molar-refractivity contribution is 9.10. The van der Waals surface area contributed by atoms with Gasteiger partial charge in [0, 0.05) is 15.6 Å². The van der Waals surface area contributed by atoms with Gasteiger partial charge >= 0.3 is 6.09 Å². The Labute approximate surface area is 187 Å². The van der Waals surface area contributed by atoms with E-state index >= 15 is 0 Å². The van der Waals surface area contributed by atoms with E-state index in [1.165, 1.54) is 4.90 Å². The molecule has 1 amide bonds. The Balaban J connectivity index is 1.77. The summed E-state index contributed by atoms with van der Waals surface area (Å²) in [5, 5.41) is 0. The average Bonchev–Trinajstić information content (AvgIpc) is 2.80. The fraction of sp³-hybridized carbons (Fsp3) is 0.208. The number of para-hydroxylation sites is 1. The second-order valence-corrected chi connectivity index (χ2v) is 8.04. The van der Waals surface area contributed by atoms with Crippen LogP contribution >= 0.6 is 15.9 Å². The lowest BCUT2D eigenvalue weighted by Crippen LogP contribution is -2.39. The second-order valence-electron chi connectivity index (χ2n) is 7.19. The predicted molar refractivity (Wildman–Crippen MR) is 117 cm³/mol. The Bertz CT molecular complexity index is 1110. The number of ether oxygens (including phenoxy) is 2. The van der Waals surface area contributed by atoms with E-state index in [1.807, 2.05) is 48.5 Å². The zero-order chi connectivity index (χ0) is 22.0. The van der Waals surface area contributed by atoms with Crippen LogP contribution in [-0.2, 0) is 17.8 Å². The number of anilines is 1. The molecule has 0 fully saturated rings. The standard InChI is InChI=1S/C24H20BrF2NO3/c1-30-21-10-6-5-9-16(21)20-12-11-17-22(27)19(26)13-18(25)23(17)28(20)24(29)31-14-15-7-3-2-4-8-15/h2-10,13,20H,11-12,14H2,1H3. The zero-order valence-corrected chi connectivity index (χ0v) is 18.4. The monoisotopic (exact) mass is 487 g/mol. The summed E-state index contributed by atoms with van der Waals surface area (Å²) in [6, 6.07) is 17.2. The fourth-order valence-corrected chi connectivity index (χ4v) is 4.56. The highest BCUT2D eigenvalue weighted by Crippen LogP contribution is 2.46. The number of carbonyl (C=O) groups excluding carboxylic acids is 1. The number of hydrogen-bond donors (Lipinski definition) is 0. The summed E-state index contributed by atoms with van der Waals surface area (Å²) in [5.74, 6) is -1.30. The van der Waals surface area contributed by atoms with Crippen LogP contribution in [0.2, 0.25) is 0 Å². The number of benzene rings is 3. The molecule has 0 bridgehead atoms. The Morgan fingerprint density at radius 1 is 1.13 bits per heavy atom. The summed E-state index contributed by atoms with van der Waals surface area (Å²) >= 11 is 3.32. The molecule has 1 unspecified atom stereocenters. The number of methoxy groups -OCH3 is 1. The zero-order valence-electron chi connectivity index (χ0n) is 16.8. The van der Waals surface area contributed by atoms with Gasteiger partial charge in [0.25, 0.3) is 0 Å². The lowest BCUT2D eigenvalue weighted by Gasteiger charge is -2.38. The molecule has 3 aromatic carbocycles. The van der Waals surface area contributed by atoms with Gasteiger partial charge in [-0.3, -0.25) is 4.90 Å². The third-order valence-electron chi connectivity index (χ3n) is 5.36.